The summed E-state index contributed by atoms with van der Waals surface area (Å²) in [6.07, 6.45) is 1.57. The van der Waals surface area contributed by atoms with E-state index in [0.717, 1.165) is 0 Å². The Hall–Kier alpha value is -0.540. The molecule has 0 spiro atoms. The van der Waals surface area contributed by atoms with E-state index in [2.05, 4.69) is 5.32 Å². The molecule has 1 saturated heterocycles. The van der Waals surface area contributed by atoms with E-state index >= 15 is 0 Å². The first-order chi connectivity index (χ1) is 4.29. The average Bonchev–Trinajstić information content (AvgIpc) is 2.64. The molecule has 0 aromatic rings. The fourth-order valence-electron chi connectivity index (χ4n) is 0.721. The predicted molar refractivity (Wildman–Crippen MR) is 34.1 cm³/mol. The van der Waals surface area contributed by atoms with Gasteiger partial charge in [-0.1, -0.05) is 0 Å². The summed E-state index contributed by atoms with van der Waals surface area (Å²) in [5.74, 6) is 0.314. The standard InChI is InChI=1S/C6H11NO2/c1-3-4(8)5-6(7-2)9-5/h3,5-8H,1-2H3/b4-3+. The molecule has 2 N–H and O–H groups in total. The van der Waals surface area contributed by atoms with Gasteiger partial charge in [-0.05, 0) is 20.0 Å². The Labute approximate surface area is 54.3 Å². The number of allylic oxidation sites excluding steroid dienone is 1. The van der Waals surface area contributed by atoms with Gasteiger partial charge in [0.2, 0.25) is 0 Å². The Morgan fingerprint density at radius 3 is 2.78 bits per heavy atom. The van der Waals surface area contributed by atoms with Gasteiger partial charge in [0.25, 0.3) is 0 Å². The Morgan fingerprint density at radius 2 is 2.44 bits per heavy atom. The molecule has 3 heteroatoms. The van der Waals surface area contributed by atoms with E-state index in [4.69, 9.17) is 9.84 Å². The van der Waals surface area contributed by atoms with Crippen LogP contribution in [0.3, 0.4) is 0 Å². The van der Waals surface area contributed by atoms with Crippen molar-refractivity contribution >= 4 is 0 Å². The van der Waals surface area contributed by atoms with Crippen LogP contribution in [0, 0.1) is 0 Å². The molecule has 0 aliphatic carbocycles. The Morgan fingerprint density at radius 1 is 1.78 bits per heavy atom. The van der Waals surface area contributed by atoms with Crippen LogP contribution < -0.4 is 5.32 Å². The van der Waals surface area contributed by atoms with Gasteiger partial charge >= 0.3 is 0 Å². The maximum Gasteiger partial charge on any atom is 0.155 e. The molecule has 3 nitrogen and oxygen atoms in total. The third-order valence-electron chi connectivity index (χ3n) is 1.36. The third-order valence-corrected chi connectivity index (χ3v) is 1.36. The summed E-state index contributed by atoms with van der Waals surface area (Å²) in [4.78, 5) is 0. The highest BCUT2D eigenvalue weighted by molar-refractivity contribution is 5.06. The summed E-state index contributed by atoms with van der Waals surface area (Å²) >= 11 is 0. The first kappa shape index (κ1) is 6.58. The normalized spacial score (nSPS) is 34.7. The second kappa shape index (κ2) is 2.37. The van der Waals surface area contributed by atoms with E-state index in [1.54, 1.807) is 20.0 Å². The van der Waals surface area contributed by atoms with E-state index in [0.29, 0.717) is 5.76 Å². The minimum absolute atomic E-state index is 0.0289. The van der Waals surface area contributed by atoms with Gasteiger partial charge in [-0.3, -0.25) is 5.32 Å². The highest BCUT2D eigenvalue weighted by atomic mass is 16.6. The number of hydrogen-bond acceptors (Lipinski definition) is 3. The van der Waals surface area contributed by atoms with E-state index in [1.807, 2.05) is 0 Å². The van der Waals surface area contributed by atoms with Crippen molar-refractivity contribution in [2.75, 3.05) is 7.05 Å². The lowest BCUT2D eigenvalue weighted by atomic mass is 10.3. The maximum atomic E-state index is 9.00. The van der Waals surface area contributed by atoms with Crippen LogP contribution in [0.25, 0.3) is 0 Å². The Kier molecular flexibility index (Phi) is 1.73. The summed E-state index contributed by atoms with van der Waals surface area (Å²) in [7, 11) is 1.80. The van der Waals surface area contributed by atoms with Crippen molar-refractivity contribution in [1.29, 1.82) is 0 Å². The van der Waals surface area contributed by atoms with Crippen LogP contribution in [-0.2, 0) is 4.74 Å². The van der Waals surface area contributed by atoms with Crippen molar-refractivity contribution in [3.8, 4) is 0 Å². The molecule has 0 radical (unpaired) electrons. The summed E-state index contributed by atoms with van der Waals surface area (Å²) in [5, 5.41) is 11.9. The first-order valence-electron chi connectivity index (χ1n) is 2.97. The van der Waals surface area contributed by atoms with E-state index in [9.17, 15) is 0 Å². The topological polar surface area (TPSA) is 44.8 Å². The molecular formula is C6H11NO2. The molecule has 1 heterocycles. The zero-order chi connectivity index (χ0) is 6.85. The molecular weight excluding hydrogens is 118 g/mol. The lowest BCUT2D eigenvalue weighted by Gasteiger charge is -1.89. The zero-order valence-electron chi connectivity index (χ0n) is 5.59. The molecule has 9 heavy (non-hydrogen) atoms. The molecule has 0 aromatic carbocycles. The highest BCUT2D eigenvalue weighted by Crippen LogP contribution is 2.24. The van der Waals surface area contributed by atoms with Crippen molar-refractivity contribution < 1.29 is 9.84 Å². The van der Waals surface area contributed by atoms with Crippen LogP contribution in [0.2, 0.25) is 0 Å². The Balaban J connectivity index is 2.33. The van der Waals surface area contributed by atoms with Crippen LogP contribution in [0.1, 0.15) is 6.92 Å². The molecule has 0 saturated carbocycles. The Bertz CT molecular complexity index is 133. The summed E-state index contributed by atoms with van der Waals surface area (Å²) in [5.41, 5.74) is 0. The van der Waals surface area contributed by atoms with E-state index < -0.39 is 0 Å². The number of aliphatic hydroxyl groups is 1. The van der Waals surface area contributed by atoms with Crippen LogP contribution in [0.5, 0.6) is 0 Å². The molecule has 1 aliphatic heterocycles. The first-order valence-corrected chi connectivity index (χ1v) is 2.97. The van der Waals surface area contributed by atoms with E-state index in [1.165, 1.54) is 0 Å². The van der Waals surface area contributed by atoms with Crippen molar-refractivity contribution in [3.05, 3.63) is 11.8 Å². The van der Waals surface area contributed by atoms with Gasteiger partial charge in [0.1, 0.15) is 12.0 Å². The van der Waals surface area contributed by atoms with Crippen LogP contribution in [-0.4, -0.2) is 24.5 Å². The van der Waals surface area contributed by atoms with Crippen LogP contribution in [0.4, 0.5) is 0 Å². The molecule has 52 valence electrons. The van der Waals surface area contributed by atoms with Crippen molar-refractivity contribution in [3.63, 3.8) is 0 Å². The summed E-state index contributed by atoms with van der Waals surface area (Å²) < 4.78 is 4.99. The molecule has 1 rings (SSSR count). The minimum Gasteiger partial charge on any atom is -0.510 e. The van der Waals surface area contributed by atoms with Gasteiger partial charge in [-0.15, -0.1) is 0 Å². The third kappa shape index (κ3) is 1.23. The molecule has 2 atom stereocenters. The van der Waals surface area contributed by atoms with Gasteiger partial charge in [0.15, 0.2) is 6.10 Å². The van der Waals surface area contributed by atoms with Gasteiger partial charge in [0.05, 0.1) is 0 Å². The number of hydrogen-bond donors (Lipinski definition) is 2. The minimum atomic E-state index is -0.0972. The number of likely N-dealkylation sites (N-methyl/N-ethyl adjacent to an activating group) is 1. The molecule has 0 bridgehead atoms. The fourth-order valence-corrected chi connectivity index (χ4v) is 0.721. The van der Waals surface area contributed by atoms with Gasteiger partial charge < -0.3 is 9.84 Å². The lowest BCUT2D eigenvalue weighted by molar-refractivity contribution is 0.311. The second-order valence-electron chi connectivity index (χ2n) is 1.98. The van der Waals surface area contributed by atoms with Gasteiger partial charge in [0, 0.05) is 0 Å². The number of epoxide rings is 1. The lowest BCUT2D eigenvalue weighted by Crippen LogP contribution is -2.13. The van der Waals surface area contributed by atoms with E-state index in [-0.39, 0.29) is 12.3 Å². The highest BCUT2D eigenvalue weighted by Gasteiger charge is 2.40. The predicted octanol–water partition coefficient (Wildman–Crippen LogP) is 0.392. The van der Waals surface area contributed by atoms with Crippen LogP contribution in [0.15, 0.2) is 11.8 Å². The second-order valence-corrected chi connectivity index (χ2v) is 1.98. The summed E-state index contributed by atoms with van der Waals surface area (Å²) in [6.45, 7) is 1.78. The quantitative estimate of drug-likeness (QED) is 0.419. The number of nitrogens with one attached hydrogen (secondary N) is 1. The largest absolute Gasteiger partial charge is 0.510 e. The zero-order valence-corrected chi connectivity index (χ0v) is 5.59. The monoisotopic (exact) mass is 129 g/mol. The van der Waals surface area contributed by atoms with Crippen molar-refractivity contribution in [1.82, 2.24) is 5.32 Å². The smallest absolute Gasteiger partial charge is 0.155 e. The average molecular weight is 129 g/mol. The number of ether oxygens (including phenoxy) is 1. The summed E-state index contributed by atoms with van der Waals surface area (Å²) in [6, 6.07) is 0. The molecule has 0 amide bonds. The molecule has 1 aliphatic rings. The number of rotatable bonds is 2. The van der Waals surface area contributed by atoms with Crippen molar-refractivity contribution in [2.24, 2.45) is 0 Å². The van der Waals surface area contributed by atoms with Gasteiger partial charge in [-0.2, -0.15) is 0 Å². The molecule has 0 aromatic heterocycles. The van der Waals surface area contributed by atoms with Crippen molar-refractivity contribution in [2.45, 2.75) is 19.3 Å². The molecule has 2 unspecified atom stereocenters. The molecule has 1 fully saturated rings. The number of aliphatic hydroxyl groups excluding tert-OH is 1. The maximum absolute atomic E-state index is 9.00. The fraction of sp³-hybridized carbons (Fsp3) is 0.667. The van der Waals surface area contributed by atoms with Gasteiger partial charge in [-0.25, -0.2) is 0 Å². The van der Waals surface area contributed by atoms with Crippen LogP contribution >= 0.6 is 0 Å². The SMILES string of the molecule is C/C=C(/O)C1OC1NC.